The zero-order valence-corrected chi connectivity index (χ0v) is 10.4. The summed E-state index contributed by atoms with van der Waals surface area (Å²) < 4.78 is 1.80. The summed E-state index contributed by atoms with van der Waals surface area (Å²) in [5, 5.41) is 14.4. The van der Waals surface area contributed by atoms with E-state index in [0.29, 0.717) is 0 Å². The van der Waals surface area contributed by atoms with Crippen molar-refractivity contribution in [3.05, 3.63) is 47.0 Å². The Hall–Kier alpha value is -1.68. The SMILES string of the molecule is CCn1cc(C(O)c2ccc(C)nc2C)cn1. The van der Waals surface area contributed by atoms with Gasteiger partial charge in [-0.1, -0.05) is 6.07 Å². The average molecular weight is 231 g/mol. The van der Waals surface area contributed by atoms with Crippen molar-refractivity contribution in [3.8, 4) is 0 Å². The van der Waals surface area contributed by atoms with Crippen LogP contribution in [0.5, 0.6) is 0 Å². The van der Waals surface area contributed by atoms with E-state index in [2.05, 4.69) is 10.1 Å². The van der Waals surface area contributed by atoms with Crippen LogP contribution in [0.1, 0.15) is 35.5 Å². The largest absolute Gasteiger partial charge is 0.383 e. The minimum Gasteiger partial charge on any atom is -0.383 e. The van der Waals surface area contributed by atoms with Crippen LogP contribution in [0.2, 0.25) is 0 Å². The molecule has 0 aliphatic heterocycles. The lowest BCUT2D eigenvalue weighted by atomic mass is 10.0. The highest BCUT2D eigenvalue weighted by atomic mass is 16.3. The van der Waals surface area contributed by atoms with Crippen LogP contribution in [0, 0.1) is 13.8 Å². The number of pyridine rings is 1. The number of aliphatic hydroxyl groups is 1. The maximum Gasteiger partial charge on any atom is 0.109 e. The van der Waals surface area contributed by atoms with E-state index < -0.39 is 6.10 Å². The van der Waals surface area contributed by atoms with E-state index in [4.69, 9.17) is 0 Å². The quantitative estimate of drug-likeness (QED) is 0.879. The van der Waals surface area contributed by atoms with Gasteiger partial charge in [-0.05, 0) is 26.8 Å². The number of rotatable bonds is 3. The van der Waals surface area contributed by atoms with E-state index in [0.717, 1.165) is 29.1 Å². The molecule has 0 bridgehead atoms. The zero-order chi connectivity index (χ0) is 12.4. The van der Waals surface area contributed by atoms with Crippen LogP contribution in [-0.2, 0) is 6.54 Å². The smallest absolute Gasteiger partial charge is 0.109 e. The Morgan fingerprint density at radius 3 is 2.71 bits per heavy atom. The van der Waals surface area contributed by atoms with Crippen LogP contribution in [0.4, 0.5) is 0 Å². The third kappa shape index (κ3) is 2.36. The van der Waals surface area contributed by atoms with Crippen LogP contribution in [0.3, 0.4) is 0 Å². The van der Waals surface area contributed by atoms with Gasteiger partial charge in [0.2, 0.25) is 0 Å². The summed E-state index contributed by atoms with van der Waals surface area (Å²) in [6.07, 6.45) is 2.92. The second-order valence-corrected chi connectivity index (χ2v) is 4.16. The molecule has 4 heteroatoms. The monoisotopic (exact) mass is 231 g/mol. The van der Waals surface area contributed by atoms with Gasteiger partial charge in [0.05, 0.1) is 6.20 Å². The number of aliphatic hydroxyl groups excluding tert-OH is 1. The molecule has 0 saturated heterocycles. The Bertz CT molecular complexity index is 519. The van der Waals surface area contributed by atoms with Crippen molar-refractivity contribution in [2.24, 2.45) is 0 Å². The lowest BCUT2D eigenvalue weighted by Gasteiger charge is -2.11. The summed E-state index contributed by atoms with van der Waals surface area (Å²) in [5.74, 6) is 0. The molecule has 2 aromatic rings. The summed E-state index contributed by atoms with van der Waals surface area (Å²) in [5.41, 5.74) is 3.47. The predicted octanol–water partition coefficient (Wildman–Crippen LogP) is 2.00. The third-order valence-electron chi connectivity index (χ3n) is 2.85. The maximum absolute atomic E-state index is 10.3. The Kier molecular flexibility index (Phi) is 3.24. The summed E-state index contributed by atoms with van der Waals surface area (Å²) in [7, 11) is 0. The van der Waals surface area contributed by atoms with Crippen LogP contribution >= 0.6 is 0 Å². The summed E-state index contributed by atoms with van der Waals surface area (Å²) in [6.45, 7) is 6.67. The molecular weight excluding hydrogens is 214 g/mol. The standard InChI is InChI=1S/C13H17N3O/c1-4-16-8-11(7-14-16)13(17)12-6-5-9(2)15-10(12)3/h5-8,13,17H,4H2,1-3H3. The fourth-order valence-electron chi connectivity index (χ4n) is 1.86. The van der Waals surface area contributed by atoms with Gasteiger partial charge in [0.1, 0.15) is 6.10 Å². The van der Waals surface area contributed by atoms with Crippen LogP contribution in [0.25, 0.3) is 0 Å². The molecule has 2 aromatic heterocycles. The molecular formula is C13H17N3O. The lowest BCUT2D eigenvalue weighted by Crippen LogP contribution is -2.03. The van der Waals surface area contributed by atoms with Gasteiger partial charge >= 0.3 is 0 Å². The molecule has 17 heavy (non-hydrogen) atoms. The molecule has 1 N–H and O–H groups in total. The topological polar surface area (TPSA) is 50.9 Å². The van der Waals surface area contributed by atoms with Crippen LogP contribution < -0.4 is 0 Å². The number of hydrogen-bond acceptors (Lipinski definition) is 3. The van der Waals surface area contributed by atoms with E-state index in [9.17, 15) is 5.11 Å². The van der Waals surface area contributed by atoms with Crippen molar-refractivity contribution in [3.63, 3.8) is 0 Å². The molecule has 0 amide bonds. The van der Waals surface area contributed by atoms with E-state index in [1.165, 1.54) is 0 Å². The molecule has 0 radical (unpaired) electrons. The molecule has 0 aromatic carbocycles. The first-order chi connectivity index (χ1) is 8.11. The first-order valence-corrected chi connectivity index (χ1v) is 5.76. The number of aromatic nitrogens is 3. The normalized spacial score (nSPS) is 12.7. The van der Waals surface area contributed by atoms with Crippen molar-refractivity contribution in [2.45, 2.75) is 33.4 Å². The number of hydrogen-bond donors (Lipinski definition) is 1. The molecule has 0 aliphatic carbocycles. The summed E-state index contributed by atoms with van der Waals surface area (Å²) in [6, 6.07) is 3.83. The zero-order valence-electron chi connectivity index (χ0n) is 10.4. The number of aryl methyl sites for hydroxylation is 3. The molecule has 2 heterocycles. The van der Waals surface area contributed by atoms with Gasteiger partial charge in [0.15, 0.2) is 0 Å². The van der Waals surface area contributed by atoms with Crippen molar-refractivity contribution in [1.29, 1.82) is 0 Å². The predicted molar refractivity (Wildman–Crippen MR) is 65.7 cm³/mol. The maximum atomic E-state index is 10.3. The fourth-order valence-corrected chi connectivity index (χ4v) is 1.86. The Morgan fingerprint density at radius 2 is 2.12 bits per heavy atom. The highest BCUT2D eigenvalue weighted by molar-refractivity contribution is 5.30. The first-order valence-electron chi connectivity index (χ1n) is 5.76. The van der Waals surface area contributed by atoms with E-state index in [1.807, 2.05) is 39.1 Å². The van der Waals surface area contributed by atoms with E-state index in [-0.39, 0.29) is 0 Å². The fraction of sp³-hybridized carbons (Fsp3) is 0.385. The summed E-state index contributed by atoms with van der Waals surface area (Å²) >= 11 is 0. The Balaban J connectivity index is 2.33. The van der Waals surface area contributed by atoms with Crippen molar-refractivity contribution in [2.75, 3.05) is 0 Å². The van der Waals surface area contributed by atoms with Gasteiger partial charge in [-0.2, -0.15) is 5.10 Å². The Labute approximate surface area is 101 Å². The van der Waals surface area contributed by atoms with Crippen LogP contribution in [0.15, 0.2) is 24.5 Å². The number of nitrogens with zero attached hydrogens (tertiary/aromatic N) is 3. The molecule has 0 fully saturated rings. The second-order valence-electron chi connectivity index (χ2n) is 4.16. The average Bonchev–Trinajstić information content (AvgIpc) is 2.76. The van der Waals surface area contributed by atoms with Gasteiger partial charge < -0.3 is 5.11 Å². The Morgan fingerprint density at radius 1 is 1.35 bits per heavy atom. The van der Waals surface area contributed by atoms with Crippen molar-refractivity contribution in [1.82, 2.24) is 14.8 Å². The molecule has 0 spiro atoms. The lowest BCUT2D eigenvalue weighted by molar-refractivity contribution is 0.219. The van der Waals surface area contributed by atoms with Crippen molar-refractivity contribution >= 4 is 0 Å². The second kappa shape index (κ2) is 4.67. The molecule has 4 nitrogen and oxygen atoms in total. The molecule has 0 aliphatic rings. The molecule has 1 unspecified atom stereocenters. The molecule has 2 rings (SSSR count). The molecule has 1 atom stereocenters. The minimum absolute atomic E-state index is 0.650. The minimum atomic E-state index is -0.650. The van der Waals surface area contributed by atoms with Gasteiger partial charge in [-0.3, -0.25) is 9.67 Å². The van der Waals surface area contributed by atoms with Gasteiger partial charge in [0, 0.05) is 35.3 Å². The first kappa shape index (κ1) is 11.8. The van der Waals surface area contributed by atoms with Gasteiger partial charge in [-0.25, -0.2) is 0 Å². The van der Waals surface area contributed by atoms with Gasteiger partial charge in [0.25, 0.3) is 0 Å². The van der Waals surface area contributed by atoms with E-state index in [1.54, 1.807) is 10.9 Å². The molecule has 90 valence electrons. The molecule has 0 saturated carbocycles. The van der Waals surface area contributed by atoms with Gasteiger partial charge in [-0.15, -0.1) is 0 Å². The van der Waals surface area contributed by atoms with Crippen molar-refractivity contribution < 1.29 is 5.11 Å². The third-order valence-corrected chi connectivity index (χ3v) is 2.85. The van der Waals surface area contributed by atoms with Crippen LogP contribution in [-0.4, -0.2) is 19.9 Å². The van der Waals surface area contributed by atoms with E-state index >= 15 is 0 Å². The highest BCUT2D eigenvalue weighted by Gasteiger charge is 2.15. The highest BCUT2D eigenvalue weighted by Crippen LogP contribution is 2.23. The summed E-state index contributed by atoms with van der Waals surface area (Å²) in [4.78, 5) is 4.36.